The van der Waals surface area contributed by atoms with Gasteiger partial charge in [-0.3, -0.25) is 9.69 Å². The molecule has 2 aromatic carbocycles. The molecule has 4 aromatic rings. The van der Waals surface area contributed by atoms with Crippen LogP contribution in [0.4, 0.5) is 5.69 Å². The highest BCUT2D eigenvalue weighted by atomic mass is 32.1. The van der Waals surface area contributed by atoms with Crippen LogP contribution in [0.3, 0.4) is 0 Å². The van der Waals surface area contributed by atoms with Gasteiger partial charge in [0.2, 0.25) is 5.91 Å². The van der Waals surface area contributed by atoms with Gasteiger partial charge in [0.05, 0.1) is 6.54 Å². The summed E-state index contributed by atoms with van der Waals surface area (Å²) in [5.74, 6) is -0.0233. The lowest BCUT2D eigenvalue weighted by Crippen LogP contribution is -2.29. The van der Waals surface area contributed by atoms with Crippen molar-refractivity contribution < 1.29 is 9.21 Å². The van der Waals surface area contributed by atoms with Gasteiger partial charge in [-0.15, -0.1) is 0 Å². The number of nitrogens with one attached hydrogen (secondary N) is 1. The number of hydrogen-bond acceptors (Lipinski definition) is 4. The number of fused-ring (bicyclic) bond motifs is 3. The van der Waals surface area contributed by atoms with E-state index >= 15 is 0 Å². The molecule has 2 aromatic heterocycles. The molecule has 0 radical (unpaired) electrons. The third-order valence-corrected chi connectivity index (χ3v) is 4.84. The van der Waals surface area contributed by atoms with Crippen molar-refractivity contribution in [1.29, 1.82) is 0 Å². The van der Waals surface area contributed by atoms with Crippen molar-refractivity contribution in [2.45, 2.75) is 6.54 Å². The van der Waals surface area contributed by atoms with Gasteiger partial charge in [-0.05, 0) is 53.7 Å². The molecule has 0 atom stereocenters. The predicted octanol–water partition coefficient (Wildman–Crippen LogP) is 4.72. The topological polar surface area (TPSA) is 45.5 Å². The lowest BCUT2D eigenvalue weighted by atomic mass is 10.1. The highest BCUT2D eigenvalue weighted by Crippen LogP contribution is 2.30. The van der Waals surface area contributed by atoms with Gasteiger partial charge in [0, 0.05) is 23.0 Å². The van der Waals surface area contributed by atoms with Crippen LogP contribution >= 0.6 is 11.3 Å². The van der Waals surface area contributed by atoms with Gasteiger partial charge >= 0.3 is 0 Å². The van der Waals surface area contributed by atoms with Crippen LogP contribution in [0.25, 0.3) is 21.9 Å². The maximum atomic E-state index is 12.3. The molecule has 0 aliphatic carbocycles. The summed E-state index contributed by atoms with van der Waals surface area (Å²) in [5.41, 5.74) is 3.70. The highest BCUT2D eigenvalue weighted by molar-refractivity contribution is 7.07. The van der Waals surface area contributed by atoms with E-state index in [1.165, 1.54) is 5.56 Å². The highest BCUT2D eigenvalue weighted by Gasteiger charge is 2.10. The van der Waals surface area contributed by atoms with Crippen molar-refractivity contribution in [2.24, 2.45) is 0 Å². The fourth-order valence-electron chi connectivity index (χ4n) is 3.00. The number of hydrogen-bond donors (Lipinski definition) is 1. The Morgan fingerprint density at radius 3 is 2.80 bits per heavy atom. The van der Waals surface area contributed by atoms with Crippen LogP contribution in [-0.4, -0.2) is 24.4 Å². The van der Waals surface area contributed by atoms with Crippen molar-refractivity contribution >= 4 is 44.9 Å². The van der Waals surface area contributed by atoms with Crippen LogP contribution in [0.15, 0.2) is 63.7 Å². The second-order valence-corrected chi connectivity index (χ2v) is 6.94. The van der Waals surface area contributed by atoms with E-state index in [4.69, 9.17) is 4.42 Å². The molecule has 0 bridgehead atoms. The Labute approximate surface area is 149 Å². The minimum Gasteiger partial charge on any atom is -0.456 e. The molecule has 0 saturated carbocycles. The third-order valence-electron chi connectivity index (χ3n) is 4.11. The van der Waals surface area contributed by atoms with Gasteiger partial charge in [-0.25, -0.2) is 0 Å². The number of para-hydroxylation sites is 1. The fourth-order valence-corrected chi connectivity index (χ4v) is 3.66. The van der Waals surface area contributed by atoms with Crippen LogP contribution in [0.5, 0.6) is 0 Å². The second-order valence-electron chi connectivity index (χ2n) is 6.16. The van der Waals surface area contributed by atoms with E-state index in [0.717, 1.165) is 34.2 Å². The Balaban J connectivity index is 1.48. The molecule has 0 fully saturated rings. The average molecular weight is 350 g/mol. The van der Waals surface area contributed by atoms with Crippen LogP contribution in [0.2, 0.25) is 0 Å². The molecular weight excluding hydrogens is 332 g/mol. The number of likely N-dealkylation sites (N-methyl/N-ethyl adjacent to an activating group) is 1. The molecule has 126 valence electrons. The summed E-state index contributed by atoms with van der Waals surface area (Å²) >= 11 is 1.67. The lowest BCUT2D eigenvalue weighted by molar-refractivity contribution is -0.117. The van der Waals surface area contributed by atoms with E-state index in [0.29, 0.717) is 6.54 Å². The zero-order chi connectivity index (χ0) is 17.2. The fraction of sp³-hybridized carbons (Fsp3) is 0.150. The molecule has 4 nitrogen and oxygen atoms in total. The molecule has 1 amide bonds. The summed E-state index contributed by atoms with van der Waals surface area (Å²) in [6.45, 7) is 1.11. The van der Waals surface area contributed by atoms with Crippen molar-refractivity contribution in [1.82, 2.24) is 4.90 Å². The van der Waals surface area contributed by atoms with E-state index in [1.54, 1.807) is 11.3 Å². The Bertz CT molecular complexity index is 1020. The summed E-state index contributed by atoms with van der Waals surface area (Å²) < 4.78 is 5.82. The van der Waals surface area contributed by atoms with Crippen LogP contribution in [-0.2, 0) is 11.3 Å². The molecule has 1 N–H and O–H groups in total. The number of carbonyl (C=O) groups excluding carboxylic acids is 1. The standard InChI is InChI=1S/C20H18N2O2S/c1-22(11-14-8-9-25-13-14)12-20(23)21-15-6-7-19-17(10-15)16-4-2-3-5-18(16)24-19/h2-10,13H,11-12H2,1H3,(H,21,23). The molecule has 0 aliphatic rings. The number of rotatable bonds is 5. The molecule has 0 spiro atoms. The maximum Gasteiger partial charge on any atom is 0.238 e. The van der Waals surface area contributed by atoms with Crippen molar-refractivity contribution in [2.75, 3.05) is 18.9 Å². The van der Waals surface area contributed by atoms with Crippen LogP contribution < -0.4 is 5.32 Å². The molecule has 25 heavy (non-hydrogen) atoms. The number of anilines is 1. The van der Waals surface area contributed by atoms with E-state index in [2.05, 4.69) is 16.8 Å². The first-order valence-corrected chi connectivity index (χ1v) is 9.04. The summed E-state index contributed by atoms with van der Waals surface area (Å²) in [6.07, 6.45) is 0. The zero-order valence-electron chi connectivity index (χ0n) is 13.9. The largest absolute Gasteiger partial charge is 0.456 e. The summed E-state index contributed by atoms with van der Waals surface area (Å²) in [5, 5.41) is 9.20. The van der Waals surface area contributed by atoms with Gasteiger partial charge in [0.25, 0.3) is 0 Å². The van der Waals surface area contributed by atoms with E-state index < -0.39 is 0 Å². The van der Waals surface area contributed by atoms with Gasteiger partial charge in [-0.1, -0.05) is 18.2 Å². The number of carbonyl (C=O) groups is 1. The molecule has 0 aliphatic heterocycles. The lowest BCUT2D eigenvalue weighted by Gasteiger charge is -2.15. The minimum absolute atomic E-state index is 0.0233. The zero-order valence-corrected chi connectivity index (χ0v) is 14.7. The van der Waals surface area contributed by atoms with E-state index in [-0.39, 0.29) is 5.91 Å². The number of furan rings is 1. The molecule has 2 heterocycles. The van der Waals surface area contributed by atoms with Gasteiger partial charge in [0.1, 0.15) is 11.2 Å². The summed E-state index contributed by atoms with van der Waals surface area (Å²) in [7, 11) is 1.95. The quantitative estimate of drug-likeness (QED) is 0.566. The Morgan fingerprint density at radius 1 is 1.12 bits per heavy atom. The van der Waals surface area contributed by atoms with Crippen LogP contribution in [0.1, 0.15) is 5.56 Å². The normalized spacial score (nSPS) is 11.4. The third kappa shape index (κ3) is 3.43. The number of benzene rings is 2. The molecule has 5 heteroatoms. The first-order chi connectivity index (χ1) is 12.2. The Kier molecular flexibility index (Phi) is 4.26. The monoisotopic (exact) mass is 350 g/mol. The average Bonchev–Trinajstić information content (AvgIpc) is 3.21. The summed E-state index contributed by atoms with van der Waals surface area (Å²) in [6, 6.07) is 15.8. The van der Waals surface area contributed by atoms with Crippen molar-refractivity contribution in [3.05, 3.63) is 64.9 Å². The van der Waals surface area contributed by atoms with Crippen molar-refractivity contribution in [3.63, 3.8) is 0 Å². The molecular formula is C20H18N2O2S. The summed E-state index contributed by atoms with van der Waals surface area (Å²) in [4.78, 5) is 14.3. The number of nitrogens with zero attached hydrogens (tertiary/aromatic N) is 1. The van der Waals surface area contributed by atoms with E-state index in [9.17, 15) is 4.79 Å². The van der Waals surface area contributed by atoms with Gasteiger partial charge < -0.3 is 9.73 Å². The number of amides is 1. The van der Waals surface area contributed by atoms with Crippen LogP contribution in [0, 0.1) is 0 Å². The van der Waals surface area contributed by atoms with Crippen molar-refractivity contribution in [3.8, 4) is 0 Å². The molecule has 4 rings (SSSR count). The second kappa shape index (κ2) is 6.70. The first-order valence-electron chi connectivity index (χ1n) is 8.10. The number of thiophene rings is 1. The minimum atomic E-state index is -0.0233. The van der Waals surface area contributed by atoms with E-state index in [1.807, 2.05) is 59.8 Å². The predicted molar refractivity (Wildman–Crippen MR) is 103 cm³/mol. The maximum absolute atomic E-state index is 12.3. The SMILES string of the molecule is CN(CC(=O)Nc1ccc2oc3ccccc3c2c1)Cc1ccsc1. The first kappa shape index (κ1) is 15.9. The van der Waals surface area contributed by atoms with Gasteiger partial charge in [-0.2, -0.15) is 11.3 Å². The Hall–Kier alpha value is -2.63. The molecule has 0 saturated heterocycles. The smallest absolute Gasteiger partial charge is 0.238 e. The molecule has 0 unspecified atom stereocenters. The van der Waals surface area contributed by atoms with Gasteiger partial charge in [0.15, 0.2) is 0 Å². The Morgan fingerprint density at radius 2 is 1.96 bits per heavy atom.